The van der Waals surface area contributed by atoms with Gasteiger partial charge in [0, 0.05) is 5.56 Å². The van der Waals surface area contributed by atoms with E-state index < -0.39 is 0 Å². The monoisotopic (exact) mass is 360 g/mol. The number of ether oxygens (including phenoxy) is 2. The predicted molar refractivity (Wildman–Crippen MR) is 105 cm³/mol. The molecule has 0 spiro atoms. The van der Waals surface area contributed by atoms with Crippen molar-refractivity contribution in [3.63, 3.8) is 0 Å². The first-order valence-electron chi connectivity index (χ1n) is 8.49. The summed E-state index contributed by atoms with van der Waals surface area (Å²) >= 11 is 0. The smallest absolute Gasteiger partial charge is 0.271 e. The van der Waals surface area contributed by atoms with Crippen LogP contribution in [0.3, 0.4) is 0 Å². The number of carbonyl (C=O) groups excluding carboxylic acids is 1. The van der Waals surface area contributed by atoms with Gasteiger partial charge in [0.2, 0.25) is 0 Å². The van der Waals surface area contributed by atoms with Crippen LogP contribution in [0.15, 0.2) is 84.0 Å². The summed E-state index contributed by atoms with van der Waals surface area (Å²) in [6, 6.07) is 24.4. The van der Waals surface area contributed by atoms with Crippen LogP contribution in [0.5, 0.6) is 11.5 Å². The van der Waals surface area contributed by atoms with E-state index in [0.29, 0.717) is 17.9 Å². The molecule has 136 valence electrons. The number of amides is 1. The third-order valence-corrected chi connectivity index (χ3v) is 3.82. The molecule has 0 aliphatic carbocycles. The van der Waals surface area contributed by atoms with Gasteiger partial charge < -0.3 is 9.47 Å². The normalized spacial score (nSPS) is 10.6. The van der Waals surface area contributed by atoms with Crippen LogP contribution in [-0.4, -0.2) is 19.2 Å². The number of hydrogen-bond donors (Lipinski definition) is 1. The number of carbonyl (C=O) groups is 1. The van der Waals surface area contributed by atoms with E-state index in [1.807, 2.05) is 54.6 Å². The fourth-order valence-corrected chi connectivity index (χ4v) is 2.42. The Morgan fingerprint density at radius 3 is 2.56 bits per heavy atom. The second-order valence-corrected chi connectivity index (χ2v) is 5.78. The van der Waals surface area contributed by atoms with Gasteiger partial charge in [0.1, 0.15) is 18.1 Å². The molecule has 0 heterocycles. The zero-order chi connectivity index (χ0) is 18.9. The van der Waals surface area contributed by atoms with Crippen molar-refractivity contribution in [1.29, 1.82) is 0 Å². The van der Waals surface area contributed by atoms with E-state index in [4.69, 9.17) is 9.47 Å². The van der Waals surface area contributed by atoms with E-state index in [2.05, 4.69) is 10.5 Å². The maximum Gasteiger partial charge on any atom is 0.271 e. The molecule has 0 fully saturated rings. The van der Waals surface area contributed by atoms with Crippen LogP contribution in [0.4, 0.5) is 0 Å². The van der Waals surface area contributed by atoms with Crippen LogP contribution in [-0.2, 0) is 6.61 Å². The first-order chi connectivity index (χ1) is 13.2. The van der Waals surface area contributed by atoms with Crippen molar-refractivity contribution in [1.82, 2.24) is 5.43 Å². The Balaban J connectivity index is 1.57. The van der Waals surface area contributed by atoms with Crippen LogP contribution >= 0.6 is 0 Å². The van der Waals surface area contributed by atoms with Crippen molar-refractivity contribution in [3.05, 3.63) is 95.6 Å². The van der Waals surface area contributed by atoms with E-state index in [1.54, 1.807) is 37.6 Å². The highest BCUT2D eigenvalue weighted by molar-refractivity contribution is 5.95. The molecule has 0 saturated heterocycles. The van der Waals surface area contributed by atoms with E-state index in [9.17, 15) is 4.79 Å². The van der Waals surface area contributed by atoms with Crippen molar-refractivity contribution in [2.75, 3.05) is 7.11 Å². The van der Waals surface area contributed by atoms with E-state index in [-0.39, 0.29) is 5.91 Å². The Morgan fingerprint density at radius 1 is 0.963 bits per heavy atom. The minimum absolute atomic E-state index is 0.304. The zero-order valence-electron chi connectivity index (χ0n) is 15.0. The van der Waals surface area contributed by atoms with E-state index in [1.165, 1.54) is 0 Å². The molecule has 0 atom stereocenters. The molecular formula is C22H20N2O3. The second kappa shape index (κ2) is 9.20. The molecule has 5 nitrogen and oxygen atoms in total. The fourth-order valence-electron chi connectivity index (χ4n) is 2.42. The lowest BCUT2D eigenvalue weighted by atomic mass is 10.2. The summed E-state index contributed by atoms with van der Waals surface area (Å²) in [5.74, 6) is 1.05. The molecule has 0 aliphatic heterocycles. The van der Waals surface area contributed by atoms with Gasteiger partial charge in [0.05, 0.1) is 13.3 Å². The van der Waals surface area contributed by atoms with Gasteiger partial charge in [0.25, 0.3) is 5.91 Å². The first kappa shape index (κ1) is 18.2. The topological polar surface area (TPSA) is 59.9 Å². The molecular weight excluding hydrogens is 340 g/mol. The number of rotatable bonds is 7. The molecule has 0 aromatic heterocycles. The molecule has 27 heavy (non-hydrogen) atoms. The summed E-state index contributed by atoms with van der Waals surface area (Å²) in [6.45, 7) is 0.494. The highest BCUT2D eigenvalue weighted by atomic mass is 16.5. The fraction of sp³-hybridized carbons (Fsp3) is 0.0909. The van der Waals surface area contributed by atoms with Gasteiger partial charge in [-0.1, -0.05) is 48.5 Å². The maximum atomic E-state index is 12.1. The van der Waals surface area contributed by atoms with Crippen molar-refractivity contribution >= 4 is 12.1 Å². The van der Waals surface area contributed by atoms with Crippen LogP contribution in [0, 0.1) is 0 Å². The molecule has 0 unspecified atom stereocenters. The number of methoxy groups -OCH3 is 1. The molecule has 3 aromatic rings. The molecule has 3 rings (SSSR count). The third kappa shape index (κ3) is 5.44. The lowest BCUT2D eigenvalue weighted by Gasteiger charge is -2.07. The standard InChI is InChI=1S/C22H20N2O3/c1-26-20-11-6-10-19(14-20)22(25)24-23-15-18-9-5-12-21(13-18)27-16-17-7-3-2-4-8-17/h2-15H,16H2,1H3,(H,24,25). The molecule has 0 aliphatic rings. The Hall–Kier alpha value is -3.60. The quantitative estimate of drug-likeness (QED) is 0.511. The number of benzene rings is 3. The van der Waals surface area contributed by atoms with Crippen LogP contribution in [0.1, 0.15) is 21.5 Å². The molecule has 0 saturated carbocycles. The number of hydrogen-bond acceptors (Lipinski definition) is 4. The number of nitrogens with one attached hydrogen (secondary N) is 1. The minimum atomic E-state index is -0.304. The van der Waals surface area contributed by atoms with Crippen molar-refractivity contribution in [2.45, 2.75) is 6.61 Å². The largest absolute Gasteiger partial charge is 0.497 e. The zero-order valence-corrected chi connectivity index (χ0v) is 15.0. The van der Waals surface area contributed by atoms with Crippen molar-refractivity contribution < 1.29 is 14.3 Å². The minimum Gasteiger partial charge on any atom is -0.497 e. The van der Waals surface area contributed by atoms with Gasteiger partial charge in [-0.05, 0) is 41.5 Å². The molecule has 0 bridgehead atoms. The van der Waals surface area contributed by atoms with Gasteiger partial charge >= 0.3 is 0 Å². The molecule has 3 aromatic carbocycles. The first-order valence-corrected chi connectivity index (χ1v) is 8.49. The Morgan fingerprint density at radius 2 is 1.74 bits per heavy atom. The van der Waals surface area contributed by atoms with E-state index in [0.717, 1.165) is 16.9 Å². The summed E-state index contributed by atoms with van der Waals surface area (Å²) in [5.41, 5.74) is 4.91. The van der Waals surface area contributed by atoms with E-state index >= 15 is 0 Å². The average Bonchev–Trinajstić information content (AvgIpc) is 2.73. The van der Waals surface area contributed by atoms with Crippen LogP contribution in [0.25, 0.3) is 0 Å². The maximum absolute atomic E-state index is 12.1. The van der Waals surface area contributed by atoms with Gasteiger partial charge in [-0.2, -0.15) is 5.10 Å². The Kier molecular flexibility index (Phi) is 6.20. The molecule has 5 heteroatoms. The van der Waals surface area contributed by atoms with Crippen LogP contribution in [0.2, 0.25) is 0 Å². The van der Waals surface area contributed by atoms with Crippen LogP contribution < -0.4 is 14.9 Å². The second-order valence-electron chi connectivity index (χ2n) is 5.78. The van der Waals surface area contributed by atoms with Gasteiger partial charge in [-0.25, -0.2) is 5.43 Å². The Labute approximate surface area is 158 Å². The van der Waals surface area contributed by atoms with Gasteiger partial charge in [-0.3, -0.25) is 4.79 Å². The SMILES string of the molecule is COc1cccc(C(=O)NN=Cc2cccc(OCc3ccccc3)c2)c1. The summed E-state index contributed by atoms with van der Waals surface area (Å²) in [7, 11) is 1.56. The molecule has 1 N–H and O–H groups in total. The third-order valence-electron chi connectivity index (χ3n) is 3.82. The molecule has 1 amide bonds. The summed E-state index contributed by atoms with van der Waals surface area (Å²) in [6.07, 6.45) is 1.58. The van der Waals surface area contributed by atoms with Crippen molar-refractivity contribution in [3.8, 4) is 11.5 Å². The summed E-state index contributed by atoms with van der Waals surface area (Å²) < 4.78 is 10.9. The van der Waals surface area contributed by atoms with Crippen molar-refractivity contribution in [2.24, 2.45) is 5.10 Å². The Bertz CT molecular complexity index is 924. The number of hydrazone groups is 1. The predicted octanol–water partition coefficient (Wildman–Crippen LogP) is 4.04. The number of nitrogens with zero attached hydrogens (tertiary/aromatic N) is 1. The highest BCUT2D eigenvalue weighted by Gasteiger charge is 2.05. The van der Waals surface area contributed by atoms with Gasteiger partial charge in [0.15, 0.2) is 0 Å². The van der Waals surface area contributed by atoms with Gasteiger partial charge in [-0.15, -0.1) is 0 Å². The lowest BCUT2D eigenvalue weighted by Crippen LogP contribution is -2.17. The summed E-state index contributed by atoms with van der Waals surface area (Å²) in [4.78, 5) is 12.1. The summed E-state index contributed by atoms with van der Waals surface area (Å²) in [5, 5.41) is 4.01. The average molecular weight is 360 g/mol. The lowest BCUT2D eigenvalue weighted by molar-refractivity contribution is 0.0955. The highest BCUT2D eigenvalue weighted by Crippen LogP contribution is 2.15. The molecule has 0 radical (unpaired) electrons.